The lowest BCUT2D eigenvalue weighted by Gasteiger charge is -2.08. The molecule has 0 saturated carbocycles. The third-order valence-corrected chi connectivity index (χ3v) is 0.938. The van der Waals surface area contributed by atoms with E-state index in [-0.39, 0.29) is 0 Å². The first-order valence-corrected chi connectivity index (χ1v) is 2.71. The van der Waals surface area contributed by atoms with Crippen molar-refractivity contribution in [2.24, 2.45) is 5.11 Å². The molecule has 10 heavy (non-hydrogen) atoms. The summed E-state index contributed by atoms with van der Waals surface area (Å²) in [4.78, 5) is 7.29. The number of hydrogen-bond donors (Lipinski definition) is 1. The quantitative estimate of drug-likeness (QED) is 0.354. The van der Waals surface area contributed by atoms with E-state index in [1.807, 2.05) is 0 Å². The normalized spacial score (nSPS) is 14.2. The van der Waals surface area contributed by atoms with Crippen molar-refractivity contribution in [1.82, 2.24) is 5.48 Å². The Balaban J connectivity index is 2.46. The highest BCUT2D eigenvalue weighted by molar-refractivity contribution is 5.12. The molecule has 0 spiro atoms. The molecule has 5 heteroatoms. The van der Waals surface area contributed by atoms with Crippen LogP contribution >= 0.6 is 0 Å². The lowest BCUT2D eigenvalue weighted by molar-refractivity contribution is 0.158. The van der Waals surface area contributed by atoms with Gasteiger partial charge in [0.15, 0.2) is 0 Å². The Morgan fingerprint density at radius 2 is 2.70 bits per heavy atom. The van der Waals surface area contributed by atoms with Gasteiger partial charge in [0.1, 0.15) is 6.26 Å². The third kappa shape index (κ3) is 1.72. The van der Waals surface area contributed by atoms with Gasteiger partial charge in [-0.2, -0.15) is 0 Å². The summed E-state index contributed by atoms with van der Waals surface area (Å²) in [5.74, 6) is 0. The van der Waals surface area contributed by atoms with Crippen molar-refractivity contribution < 1.29 is 4.84 Å². The summed E-state index contributed by atoms with van der Waals surface area (Å²) in [7, 11) is 0. The maximum absolute atomic E-state index is 7.94. The second kappa shape index (κ2) is 3.42. The average Bonchev–Trinajstić information content (AvgIpc) is 2.03. The van der Waals surface area contributed by atoms with E-state index in [1.54, 1.807) is 12.2 Å². The van der Waals surface area contributed by atoms with Gasteiger partial charge in [0, 0.05) is 4.91 Å². The summed E-state index contributed by atoms with van der Waals surface area (Å²) < 4.78 is 0. The van der Waals surface area contributed by atoms with Crippen LogP contribution in [-0.4, -0.2) is 6.54 Å². The Bertz CT molecular complexity index is 214. The Kier molecular flexibility index (Phi) is 2.23. The van der Waals surface area contributed by atoms with E-state index in [4.69, 9.17) is 10.4 Å². The van der Waals surface area contributed by atoms with Crippen LogP contribution in [0.5, 0.6) is 0 Å². The van der Waals surface area contributed by atoms with Crippen LogP contribution in [0.2, 0.25) is 0 Å². The minimum absolute atomic E-state index is 0.292. The van der Waals surface area contributed by atoms with Crippen LogP contribution in [-0.2, 0) is 4.84 Å². The molecule has 0 aromatic rings. The van der Waals surface area contributed by atoms with Crippen LogP contribution in [0.1, 0.15) is 0 Å². The molecular weight excluding hydrogens is 132 g/mol. The van der Waals surface area contributed by atoms with E-state index >= 15 is 0 Å². The molecule has 0 atom stereocenters. The second-order valence-corrected chi connectivity index (χ2v) is 1.63. The summed E-state index contributed by atoms with van der Waals surface area (Å²) in [5.41, 5.74) is 11.3. The first-order valence-electron chi connectivity index (χ1n) is 2.71. The Hall–Kier alpha value is -1.61. The SMILES string of the molecule is [N-]=[N+]=NCC1=CC=CON1. The van der Waals surface area contributed by atoms with Crippen molar-refractivity contribution in [1.29, 1.82) is 0 Å². The third-order valence-electron chi connectivity index (χ3n) is 0.938. The lowest BCUT2D eigenvalue weighted by atomic mass is 10.4. The highest BCUT2D eigenvalue weighted by atomic mass is 16.6. The summed E-state index contributed by atoms with van der Waals surface area (Å²) >= 11 is 0. The highest BCUT2D eigenvalue weighted by Crippen LogP contribution is 1.96. The summed E-state index contributed by atoms with van der Waals surface area (Å²) in [6, 6.07) is 0. The summed E-state index contributed by atoms with van der Waals surface area (Å²) in [6.45, 7) is 0.292. The molecule has 1 aliphatic heterocycles. The molecule has 1 rings (SSSR count). The Labute approximate surface area is 57.6 Å². The van der Waals surface area contributed by atoms with Gasteiger partial charge in [-0.15, -0.1) is 0 Å². The highest BCUT2D eigenvalue weighted by Gasteiger charge is 1.94. The fraction of sp³-hybridized carbons (Fsp3) is 0.200. The monoisotopic (exact) mass is 138 g/mol. The molecule has 5 nitrogen and oxygen atoms in total. The lowest BCUT2D eigenvalue weighted by Crippen LogP contribution is -2.14. The molecule has 0 saturated heterocycles. The summed E-state index contributed by atoms with van der Waals surface area (Å²) in [5, 5.41) is 3.33. The van der Waals surface area contributed by atoms with Gasteiger partial charge in [0.2, 0.25) is 0 Å². The van der Waals surface area contributed by atoms with Crippen molar-refractivity contribution in [2.45, 2.75) is 0 Å². The standard InChI is InChI=1S/C5H6N4O/c6-9-7-4-5-2-1-3-10-8-5/h1-3,8H,4H2. The van der Waals surface area contributed by atoms with Gasteiger partial charge in [0.25, 0.3) is 0 Å². The van der Waals surface area contributed by atoms with E-state index in [0.717, 1.165) is 5.70 Å². The van der Waals surface area contributed by atoms with E-state index in [0.29, 0.717) is 6.54 Å². The fourth-order valence-electron chi connectivity index (χ4n) is 0.531. The van der Waals surface area contributed by atoms with Crippen molar-refractivity contribution in [3.05, 3.63) is 34.6 Å². The maximum Gasteiger partial charge on any atom is 0.119 e. The average molecular weight is 138 g/mol. The van der Waals surface area contributed by atoms with Crippen LogP contribution in [0.3, 0.4) is 0 Å². The number of rotatable bonds is 2. The second-order valence-electron chi connectivity index (χ2n) is 1.63. The van der Waals surface area contributed by atoms with Gasteiger partial charge >= 0.3 is 0 Å². The Morgan fingerprint density at radius 1 is 1.80 bits per heavy atom. The van der Waals surface area contributed by atoms with Gasteiger partial charge in [-0.05, 0) is 17.7 Å². The topological polar surface area (TPSA) is 70.0 Å². The molecule has 0 amide bonds. The molecule has 0 aliphatic carbocycles. The van der Waals surface area contributed by atoms with E-state index < -0.39 is 0 Å². The van der Waals surface area contributed by atoms with Crippen LogP contribution in [0.4, 0.5) is 0 Å². The smallest absolute Gasteiger partial charge is 0.119 e. The van der Waals surface area contributed by atoms with E-state index in [9.17, 15) is 0 Å². The molecule has 0 aromatic heterocycles. The number of azide groups is 1. The molecule has 1 N–H and O–H groups in total. The van der Waals surface area contributed by atoms with E-state index in [2.05, 4.69) is 15.5 Å². The van der Waals surface area contributed by atoms with Crippen LogP contribution in [0.25, 0.3) is 10.4 Å². The van der Waals surface area contributed by atoms with Gasteiger partial charge in [-0.1, -0.05) is 5.11 Å². The number of allylic oxidation sites excluding steroid dienone is 2. The molecule has 0 aromatic carbocycles. The van der Waals surface area contributed by atoms with Crippen LogP contribution in [0, 0.1) is 0 Å². The molecule has 1 aliphatic rings. The zero-order valence-corrected chi connectivity index (χ0v) is 5.19. The number of hydroxylamine groups is 1. The van der Waals surface area contributed by atoms with Crippen molar-refractivity contribution in [2.75, 3.05) is 6.54 Å². The fourth-order valence-corrected chi connectivity index (χ4v) is 0.531. The molecule has 52 valence electrons. The predicted octanol–water partition coefficient (Wildman–Crippen LogP) is 1.23. The molecular formula is C5H6N4O. The molecule has 0 radical (unpaired) electrons. The predicted molar refractivity (Wildman–Crippen MR) is 35.5 cm³/mol. The minimum atomic E-state index is 0.292. The maximum atomic E-state index is 7.94. The largest absolute Gasteiger partial charge is 0.390 e. The first-order chi connectivity index (χ1) is 4.93. The van der Waals surface area contributed by atoms with Gasteiger partial charge in [-0.3, -0.25) is 0 Å². The van der Waals surface area contributed by atoms with Gasteiger partial charge in [0.05, 0.1) is 12.2 Å². The molecule has 0 unspecified atom stereocenters. The van der Waals surface area contributed by atoms with Crippen molar-refractivity contribution in [3.8, 4) is 0 Å². The van der Waals surface area contributed by atoms with E-state index in [1.165, 1.54) is 6.26 Å². The molecule has 0 bridgehead atoms. The Morgan fingerprint density at radius 3 is 3.30 bits per heavy atom. The zero-order valence-electron chi connectivity index (χ0n) is 5.19. The van der Waals surface area contributed by atoms with Gasteiger partial charge in [-0.25, -0.2) is 5.48 Å². The molecule has 0 fully saturated rings. The van der Waals surface area contributed by atoms with Crippen LogP contribution in [0.15, 0.2) is 29.2 Å². The number of nitrogens with one attached hydrogen (secondary N) is 1. The van der Waals surface area contributed by atoms with Crippen molar-refractivity contribution >= 4 is 0 Å². The van der Waals surface area contributed by atoms with Crippen molar-refractivity contribution in [3.63, 3.8) is 0 Å². The number of nitrogens with zero attached hydrogens (tertiary/aromatic N) is 3. The van der Waals surface area contributed by atoms with Crippen LogP contribution < -0.4 is 5.48 Å². The summed E-state index contributed by atoms with van der Waals surface area (Å²) in [6.07, 6.45) is 5.00. The number of hydrogen-bond acceptors (Lipinski definition) is 3. The molecule has 1 heterocycles. The van der Waals surface area contributed by atoms with Gasteiger partial charge < -0.3 is 4.84 Å². The minimum Gasteiger partial charge on any atom is -0.390 e. The first kappa shape index (κ1) is 6.51. The zero-order chi connectivity index (χ0) is 7.23.